The molecule has 0 spiro atoms. The quantitative estimate of drug-likeness (QED) is 0.328. The molecule has 32 heavy (non-hydrogen) atoms. The summed E-state index contributed by atoms with van der Waals surface area (Å²) in [6.07, 6.45) is 3.19. The zero-order valence-corrected chi connectivity index (χ0v) is 18.5. The Hall–Kier alpha value is -3.65. The lowest BCUT2D eigenvalue weighted by Gasteiger charge is -2.25. The fourth-order valence-electron chi connectivity index (χ4n) is 3.93. The van der Waals surface area contributed by atoms with E-state index < -0.39 is 17.7 Å². The zero-order chi connectivity index (χ0) is 22.4. The molecule has 1 amide bonds. The van der Waals surface area contributed by atoms with Crippen LogP contribution in [0.3, 0.4) is 0 Å². The van der Waals surface area contributed by atoms with Gasteiger partial charge < -0.3 is 14.6 Å². The van der Waals surface area contributed by atoms with Gasteiger partial charge in [-0.3, -0.25) is 19.5 Å². The highest BCUT2D eigenvalue weighted by Gasteiger charge is 2.47. The van der Waals surface area contributed by atoms with Crippen LogP contribution in [0.15, 0.2) is 71.0 Å². The van der Waals surface area contributed by atoms with Gasteiger partial charge in [-0.2, -0.15) is 0 Å². The van der Waals surface area contributed by atoms with Crippen molar-refractivity contribution < 1.29 is 24.2 Å². The molecule has 8 heteroatoms. The summed E-state index contributed by atoms with van der Waals surface area (Å²) < 4.78 is 11.7. The molecule has 3 aromatic rings. The van der Waals surface area contributed by atoms with Crippen molar-refractivity contribution in [3.05, 3.63) is 87.7 Å². The number of Topliss-reactive ketones (excluding diaryl/α,β-unsaturated/α-hetero) is 1. The predicted octanol–water partition coefficient (Wildman–Crippen LogP) is 4.51. The van der Waals surface area contributed by atoms with Crippen LogP contribution in [-0.4, -0.2) is 28.6 Å². The average molecular weight is 493 g/mol. The summed E-state index contributed by atoms with van der Waals surface area (Å²) in [6, 6.07) is 12.9. The molecule has 1 unspecified atom stereocenters. The first-order valence-electron chi connectivity index (χ1n) is 9.83. The number of nitrogens with zero attached hydrogens (tertiary/aromatic N) is 2. The minimum Gasteiger partial charge on any atom is -0.507 e. The van der Waals surface area contributed by atoms with E-state index >= 15 is 0 Å². The molecule has 0 aliphatic carbocycles. The molecule has 0 saturated carbocycles. The molecule has 3 heterocycles. The van der Waals surface area contributed by atoms with E-state index in [0.29, 0.717) is 28.3 Å². The Bertz CT molecular complexity index is 1290. The number of halogens is 1. The number of pyridine rings is 1. The number of aliphatic hydroxyl groups excluding tert-OH is 1. The molecule has 2 aromatic carbocycles. The largest absolute Gasteiger partial charge is 0.507 e. The van der Waals surface area contributed by atoms with Crippen molar-refractivity contribution in [2.45, 2.75) is 13.0 Å². The summed E-state index contributed by atoms with van der Waals surface area (Å²) in [6.45, 7) is 1.97. The average Bonchev–Trinajstić information content (AvgIpc) is 3.38. The number of amides is 1. The lowest BCUT2D eigenvalue weighted by atomic mass is 9.95. The second-order valence-electron chi connectivity index (χ2n) is 7.46. The lowest BCUT2D eigenvalue weighted by molar-refractivity contribution is -0.132. The monoisotopic (exact) mass is 492 g/mol. The molecule has 1 aromatic heterocycles. The van der Waals surface area contributed by atoms with E-state index in [0.717, 1.165) is 10.0 Å². The van der Waals surface area contributed by atoms with E-state index in [4.69, 9.17) is 9.47 Å². The minimum absolute atomic E-state index is 0.00221. The van der Waals surface area contributed by atoms with Gasteiger partial charge in [0, 0.05) is 34.2 Å². The molecule has 1 N–H and O–H groups in total. The van der Waals surface area contributed by atoms with Crippen LogP contribution in [0, 0.1) is 6.92 Å². The molecular formula is C24H17BrN2O5. The first-order valence-corrected chi connectivity index (χ1v) is 10.6. The number of benzene rings is 2. The third-order valence-corrected chi connectivity index (χ3v) is 6.40. The molecule has 7 nitrogen and oxygen atoms in total. The fourth-order valence-corrected chi connectivity index (χ4v) is 4.18. The number of ether oxygens (including phenoxy) is 2. The van der Waals surface area contributed by atoms with Crippen LogP contribution in [0.4, 0.5) is 5.69 Å². The number of hydrogen-bond acceptors (Lipinski definition) is 6. The Morgan fingerprint density at radius 2 is 1.94 bits per heavy atom. The third kappa shape index (κ3) is 3.23. The maximum Gasteiger partial charge on any atom is 0.300 e. The number of anilines is 1. The van der Waals surface area contributed by atoms with Gasteiger partial charge >= 0.3 is 0 Å². The number of aliphatic hydroxyl groups is 1. The van der Waals surface area contributed by atoms with E-state index in [1.807, 2.05) is 6.92 Å². The van der Waals surface area contributed by atoms with Crippen LogP contribution in [0.2, 0.25) is 0 Å². The van der Waals surface area contributed by atoms with Gasteiger partial charge in [0.1, 0.15) is 5.76 Å². The number of rotatable bonds is 3. The number of carbonyl (C=O) groups is 2. The van der Waals surface area contributed by atoms with Crippen LogP contribution in [0.25, 0.3) is 5.76 Å². The summed E-state index contributed by atoms with van der Waals surface area (Å²) in [5.41, 5.74) is 2.39. The first kappa shape index (κ1) is 20.3. The molecule has 1 atom stereocenters. The molecule has 0 bridgehead atoms. The van der Waals surface area contributed by atoms with Crippen molar-refractivity contribution in [3.63, 3.8) is 0 Å². The van der Waals surface area contributed by atoms with E-state index in [9.17, 15) is 14.7 Å². The van der Waals surface area contributed by atoms with Crippen molar-refractivity contribution in [2.75, 3.05) is 11.7 Å². The summed E-state index contributed by atoms with van der Waals surface area (Å²) in [5.74, 6) is -0.704. The Morgan fingerprint density at radius 3 is 2.69 bits per heavy atom. The molecule has 2 aliphatic rings. The highest BCUT2D eigenvalue weighted by molar-refractivity contribution is 9.10. The van der Waals surface area contributed by atoms with Crippen molar-refractivity contribution in [2.24, 2.45) is 0 Å². The standard InChI is InChI=1S/C24H17BrN2O5/c1-13-9-14(4-6-17(13)25)22(28)20-21(15-3-2-8-26-11-15)27(24(30)23(20)29)16-5-7-18-19(10-16)32-12-31-18/h2-11,21,28H,12H2,1H3/b22-20+. The highest BCUT2D eigenvalue weighted by atomic mass is 79.9. The molecule has 0 radical (unpaired) electrons. The van der Waals surface area contributed by atoms with E-state index in [1.54, 1.807) is 60.9 Å². The molecule has 1 saturated heterocycles. The fraction of sp³-hybridized carbons (Fsp3) is 0.125. The van der Waals surface area contributed by atoms with Crippen molar-refractivity contribution in [1.82, 2.24) is 4.98 Å². The lowest BCUT2D eigenvalue weighted by Crippen LogP contribution is -2.29. The topological polar surface area (TPSA) is 89.0 Å². The van der Waals surface area contributed by atoms with Gasteiger partial charge in [-0.1, -0.05) is 28.1 Å². The van der Waals surface area contributed by atoms with Crippen LogP contribution in [0.5, 0.6) is 11.5 Å². The van der Waals surface area contributed by atoms with E-state index in [1.165, 1.54) is 4.90 Å². The smallest absolute Gasteiger partial charge is 0.300 e. The van der Waals surface area contributed by atoms with E-state index in [2.05, 4.69) is 20.9 Å². The Kier molecular flexibility index (Phi) is 4.94. The van der Waals surface area contributed by atoms with Crippen molar-refractivity contribution >= 4 is 39.1 Å². The zero-order valence-electron chi connectivity index (χ0n) is 16.9. The molecule has 1 fully saturated rings. The van der Waals surface area contributed by atoms with Gasteiger partial charge in [-0.05, 0) is 48.4 Å². The summed E-state index contributed by atoms with van der Waals surface area (Å²) >= 11 is 3.44. The molecule has 160 valence electrons. The van der Waals surface area contributed by atoms with Crippen molar-refractivity contribution in [3.8, 4) is 11.5 Å². The molecule has 5 rings (SSSR count). The maximum absolute atomic E-state index is 13.2. The normalized spacial score (nSPS) is 18.9. The van der Waals surface area contributed by atoms with Gasteiger partial charge in [0.05, 0.1) is 11.6 Å². The Balaban J connectivity index is 1.70. The van der Waals surface area contributed by atoms with Crippen LogP contribution in [0.1, 0.15) is 22.7 Å². The number of carbonyl (C=O) groups excluding carboxylic acids is 2. The third-order valence-electron chi connectivity index (χ3n) is 5.51. The first-order chi connectivity index (χ1) is 15.5. The Morgan fingerprint density at radius 1 is 1.12 bits per heavy atom. The minimum atomic E-state index is -0.854. The van der Waals surface area contributed by atoms with Crippen molar-refractivity contribution in [1.29, 1.82) is 0 Å². The van der Waals surface area contributed by atoms with E-state index in [-0.39, 0.29) is 18.1 Å². The van der Waals surface area contributed by atoms with Gasteiger partial charge in [0.25, 0.3) is 11.7 Å². The summed E-state index contributed by atoms with van der Waals surface area (Å²) in [5, 5.41) is 11.2. The Labute approximate surface area is 192 Å². The number of fused-ring (bicyclic) bond motifs is 1. The van der Waals surface area contributed by atoms with Crippen LogP contribution < -0.4 is 14.4 Å². The summed E-state index contributed by atoms with van der Waals surface area (Å²) in [4.78, 5) is 31.9. The molecular weight excluding hydrogens is 476 g/mol. The number of aromatic nitrogens is 1. The predicted molar refractivity (Wildman–Crippen MR) is 120 cm³/mol. The number of hydrogen-bond donors (Lipinski definition) is 1. The number of aryl methyl sites for hydroxylation is 1. The summed E-state index contributed by atoms with van der Waals surface area (Å²) in [7, 11) is 0. The van der Waals surface area contributed by atoms with Crippen LogP contribution in [-0.2, 0) is 9.59 Å². The van der Waals surface area contributed by atoms with Gasteiger partial charge in [0.2, 0.25) is 6.79 Å². The molecule has 2 aliphatic heterocycles. The van der Waals surface area contributed by atoms with Gasteiger partial charge in [-0.25, -0.2) is 0 Å². The second-order valence-corrected chi connectivity index (χ2v) is 8.31. The number of ketones is 1. The van der Waals surface area contributed by atoms with Gasteiger partial charge in [-0.15, -0.1) is 0 Å². The van der Waals surface area contributed by atoms with Gasteiger partial charge in [0.15, 0.2) is 11.5 Å². The SMILES string of the molecule is Cc1cc(/C(O)=C2\C(=O)C(=O)N(c3ccc4c(c3)OCO4)C2c2cccnc2)ccc1Br. The maximum atomic E-state index is 13.2. The highest BCUT2D eigenvalue weighted by Crippen LogP contribution is 2.44. The second kappa shape index (κ2) is 7.80. The van der Waals surface area contributed by atoms with Crippen LogP contribution >= 0.6 is 15.9 Å².